The predicted molar refractivity (Wildman–Crippen MR) is 82.4 cm³/mol. The third-order valence-corrected chi connectivity index (χ3v) is 4.12. The molecule has 4 heteroatoms. The zero-order valence-electron chi connectivity index (χ0n) is 12.2. The Labute approximate surface area is 126 Å². The molecule has 0 saturated heterocycles. The zero-order valence-corrected chi connectivity index (χ0v) is 13.0. The number of hydrogen-bond donors (Lipinski definition) is 2. The van der Waals surface area contributed by atoms with Crippen LogP contribution in [-0.4, -0.2) is 30.4 Å². The summed E-state index contributed by atoms with van der Waals surface area (Å²) < 4.78 is 5.53. The first-order valence-corrected chi connectivity index (χ1v) is 7.62. The van der Waals surface area contributed by atoms with Crippen LogP contribution in [0.3, 0.4) is 0 Å². The summed E-state index contributed by atoms with van der Waals surface area (Å²) in [6.07, 6.45) is 3.13. The van der Waals surface area contributed by atoms with Crippen molar-refractivity contribution in [3.05, 3.63) is 29.3 Å². The molecule has 0 aliphatic heterocycles. The molecule has 0 heterocycles. The Balaban J connectivity index is 1.65. The molecular formula is C16H24ClNO2. The maximum absolute atomic E-state index is 9.94. The average molecular weight is 298 g/mol. The van der Waals surface area contributed by atoms with Gasteiger partial charge in [-0.2, -0.15) is 0 Å². The van der Waals surface area contributed by atoms with Gasteiger partial charge in [-0.05, 0) is 48.9 Å². The van der Waals surface area contributed by atoms with E-state index in [0.717, 1.165) is 5.75 Å². The fraction of sp³-hybridized carbons (Fsp3) is 0.625. The molecule has 0 radical (unpaired) electrons. The Morgan fingerprint density at radius 3 is 2.70 bits per heavy atom. The molecule has 0 bridgehead atoms. The molecule has 2 N–H and O–H groups in total. The summed E-state index contributed by atoms with van der Waals surface area (Å²) >= 11 is 5.80. The van der Waals surface area contributed by atoms with Gasteiger partial charge in [0.05, 0.1) is 0 Å². The molecule has 1 aliphatic carbocycles. The fourth-order valence-electron chi connectivity index (χ4n) is 2.70. The normalized spacial score (nSPS) is 22.7. The molecule has 2 atom stereocenters. The summed E-state index contributed by atoms with van der Waals surface area (Å²) in [5.41, 5.74) is 0.433. The van der Waals surface area contributed by atoms with Crippen LogP contribution in [0.4, 0.5) is 0 Å². The van der Waals surface area contributed by atoms with Crippen molar-refractivity contribution >= 4 is 11.6 Å². The maximum Gasteiger partial charge on any atom is 0.119 e. The second-order valence-electron chi connectivity index (χ2n) is 6.43. The maximum atomic E-state index is 9.94. The van der Waals surface area contributed by atoms with Crippen molar-refractivity contribution in [1.29, 1.82) is 0 Å². The van der Waals surface area contributed by atoms with E-state index in [1.807, 2.05) is 12.1 Å². The number of aliphatic hydroxyl groups is 1. The summed E-state index contributed by atoms with van der Waals surface area (Å²) in [6, 6.07) is 7.70. The molecule has 0 amide bonds. The van der Waals surface area contributed by atoms with Crippen LogP contribution in [0.25, 0.3) is 0 Å². The van der Waals surface area contributed by atoms with E-state index in [1.165, 1.54) is 19.3 Å². The molecular weight excluding hydrogens is 274 g/mol. The number of hydrogen-bond acceptors (Lipinski definition) is 3. The Bertz CT molecular complexity index is 419. The summed E-state index contributed by atoms with van der Waals surface area (Å²) in [7, 11) is 0. The number of halogens is 1. The van der Waals surface area contributed by atoms with Gasteiger partial charge in [-0.25, -0.2) is 0 Å². The Morgan fingerprint density at radius 1 is 1.40 bits per heavy atom. The molecule has 2 rings (SSSR count). The first-order chi connectivity index (χ1) is 9.44. The number of rotatable bonds is 6. The Kier molecular flexibility index (Phi) is 5.30. The van der Waals surface area contributed by atoms with Crippen LogP contribution < -0.4 is 10.1 Å². The minimum absolute atomic E-state index is 0.296. The minimum atomic E-state index is -0.491. The lowest BCUT2D eigenvalue weighted by atomic mass is 9.92. The molecule has 0 aromatic heterocycles. The van der Waals surface area contributed by atoms with Crippen LogP contribution in [0.2, 0.25) is 5.02 Å². The van der Waals surface area contributed by atoms with E-state index in [1.54, 1.807) is 12.1 Å². The topological polar surface area (TPSA) is 41.5 Å². The lowest BCUT2D eigenvalue weighted by molar-refractivity contribution is 0.103. The monoisotopic (exact) mass is 297 g/mol. The SMILES string of the molecule is CC1(C)CCC(NCC(O)COc2ccc(Cl)cc2)C1. The smallest absolute Gasteiger partial charge is 0.119 e. The van der Waals surface area contributed by atoms with Crippen molar-refractivity contribution in [3.8, 4) is 5.75 Å². The van der Waals surface area contributed by atoms with Crippen molar-refractivity contribution in [3.63, 3.8) is 0 Å². The lowest BCUT2D eigenvalue weighted by Crippen LogP contribution is -2.37. The summed E-state index contributed by atoms with van der Waals surface area (Å²) in [4.78, 5) is 0. The quantitative estimate of drug-likeness (QED) is 0.847. The van der Waals surface area contributed by atoms with E-state index in [4.69, 9.17) is 16.3 Å². The molecule has 0 spiro atoms. The molecule has 112 valence electrons. The van der Waals surface area contributed by atoms with Gasteiger partial charge in [0.1, 0.15) is 18.5 Å². The van der Waals surface area contributed by atoms with Crippen molar-refractivity contribution in [2.24, 2.45) is 5.41 Å². The summed E-state index contributed by atoms with van der Waals surface area (Å²) in [5.74, 6) is 0.732. The molecule has 2 unspecified atom stereocenters. The number of ether oxygens (including phenoxy) is 1. The van der Waals surface area contributed by atoms with E-state index in [9.17, 15) is 5.11 Å². The van der Waals surface area contributed by atoms with Crippen LogP contribution in [-0.2, 0) is 0 Å². The van der Waals surface area contributed by atoms with Gasteiger partial charge in [-0.1, -0.05) is 25.4 Å². The average Bonchev–Trinajstić information content (AvgIpc) is 2.75. The second-order valence-corrected chi connectivity index (χ2v) is 6.87. The highest BCUT2D eigenvalue weighted by Gasteiger charge is 2.30. The summed E-state index contributed by atoms with van der Waals surface area (Å²) in [6.45, 7) is 5.47. The van der Waals surface area contributed by atoms with Gasteiger partial charge in [0, 0.05) is 17.6 Å². The van der Waals surface area contributed by atoms with E-state index >= 15 is 0 Å². The van der Waals surface area contributed by atoms with Gasteiger partial charge in [-0.15, -0.1) is 0 Å². The highest BCUT2D eigenvalue weighted by molar-refractivity contribution is 6.30. The largest absolute Gasteiger partial charge is 0.491 e. The number of benzene rings is 1. The first-order valence-electron chi connectivity index (χ1n) is 7.24. The van der Waals surface area contributed by atoms with Crippen molar-refractivity contribution in [1.82, 2.24) is 5.32 Å². The molecule has 1 aromatic rings. The lowest BCUT2D eigenvalue weighted by Gasteiger charge is -2.19. The summed E-state index contributed by atoms with van der Waals surface area (Å²) in [5, 5.41) is 14.1. The minimum Gasteiger partial charge on any atom is -0.491 e. The highest BCUT2D eigenvalue weighted by atomic mass is 35.5. The van der Waals surface area contributed by atoms with Gasteiger partial charge in [0.25, 0.3) is 0 Å². The van der Waals surface area contributed by atoms with Gasteiger partial charge in [0.15, 0.2) is 0 Å². The molecule has 1 aliphatic rings. The number of aliphatic hydroxyl groups excluding tert-OH is 1. The molecule has 3 nitrogen and oxygen atoms in total. The van der Waals surface area contributed by atoms with E-state index in [2.05, 4.69) is 19.2 Å². The van der Waals surface area contributed by atoms with E-state index in [-0.39, 0.29) is 0 Å². The molecule has 1 saturated carbocycles. The highest BCUT2D eigenvalue weighted by Crippen LogP contribution is 2.36. The first kappa shape index (κ1) is 15.6. The van der Waals surface area contributed by atoms with Crippen LogP contribution in [0.1, 0.15) is 33.1 Å². The van der Waals surface area contributed by atoms with Crippen molar-refractivity contribution in [2.45, 2.75) is 45.3 Å². The van der Waals surface area contributed by atoms with Crippen LogP contribution in [0.5, 0.6) is 5.75 Å². The van der Waals surface area contributed by atoms with Crippen molar-refractivity contribution in [2.75, 3.05) is 13.2 Å². The molecule has 20 heavy (non-hydrogen) atoms. The molecule has 1 fully saturated rings. The van der Waals surface area contributed by atoms with E-state index in [0.29, 0.717) is 29.6 Å². The Hall–Kier alpha value is -0.770. The standard InChI is InChI=1S/C16H24ClNO2/c1-16(2)8-7-13(9-16)18-10-14(19)11-20-15-5-3-12(17)4-6-15/h3-6,13-14,18-19H,7-11H2,1-2H3. The van der Waals surface area contributed by atoms with Crippen molar-refractivity contribution < 1.29 is 9.84 Å². The van der Waals surface area contributed by atoms with Gasteiger partial charge in [0.2, 0.25) is 0 Å². The number of nitrogens with one attached hydrogen (secondary N) is 1. The predicted octanol–water partition coefficient (Wildman–Crippen LogP) is 3.25. The second kappa shape index (κ2) is 6.79. The third-order valence-electron chi connectivity index (χ3n) is 3.87. The van der Waals surface area contributed by atoms with Gasteiger partial charge < -0.3 is 15.2 Å². The van der Waals surface area contributed by atoms with Gasteiger partial charge >= 0.3 is 0 Å². The zero-order chi connectivity index (χ0) is 14.6. The third kappa shape index (κ3) is 4.97. The Morgan fingerprint density at radius 2 is 2.10 bits per heavy atom. The molecule has 1 aromatic carbocycles. The fourth-order valence-corrected chi connectivity index (χ4v) is 2.82. The van der Waals surface area contributed by atoms with Gasteiger partial charge in [-0.3, -0.25) is 0 Å². The van der Waals surface area contributed by atoms with Crippen LogP contribution >= 0.6 is 11.6 Å². The van der Waals surface area contributed by atoms with Crippen LogP contribution in [0, 0.1) is 5.41 Å². The van der Waals surface area contributed by atoms with E-state index < -0.39 is 6.10 Å². The van der Waals surface area contributed by atoms with Crippen LogP contribution in [0.15, 0.2) is 24.3 Å².